The zero-order chi connectivity index (χ0) is 11.0. The summed E-state index contributed by atoms with van der Waals surface area (Å²) in [5, 5.41) is 8.63. The van der Waals surface area contributed by atoms with Crippen LogP contribution in [-0.2, 0) is 11.2 Å². The fourth-order valence-corrected chi connectivity index (χ4v) is 2.03. The maximum absolute atomic E-state index is 13.4. The van der Waals surface area contributed by atoms with Crippen LogP contribution in [0, 0.1) is 17.1 Å². The average molecular weight is 270 g/mol. The third-order valence-electron chi connectivity index (χ3n) is 2.19. The number of carbonyl (C=O) groups is 1. The van der Waals surface area contributed by atoms with Crippen LogP contribution in [0.25, 0.3) is 0 Å². The van der Waals surface area contributed by atoms with Crippen LogP contribution in [0.15, 0.2) is 16.6 Å². The van der Waals surface area contributed by atoms with Crippen molar-refractivity contribution in [3.63, 3.8) is 0 Å². The second-order valence-electron chi connectivity index (χ2n) is 3.11. The molecular weight excluding hydrogens is 265 g/mol. The summed E-state index contributed by atoms with van der Waals surface area (Å²) in [6, 6.07) is 4.50. The Bertz CT molecular complexity index is 481. The van der Waals surface area contributed by atoms with Gasteiger partial charge in [-0.05, 0) is 28.1 Å². The lowest BCUT2D eigenvalue weighted by Crippen LogP contribution is -2.27. The predicted octanol–water partition coefficient (Wildman–Crippen LogP) is 2.19. The number of ether oxygens (including phenoxy) is 1. The van der Waals surface area contributed by atoms with Crippen LogP contribution in [0.3, 0.4) is 0 Å². The van der Waals surface area contributed by atoms with Gasteiger partial charge in [0.15, 0.2) is 6.10 Å². The van der Waals surface area contributed by atoms with Crippen LogP contribution in [0.1, 0.15) is 15.9 Å². The van der Waals surface area contributed by atoms with Crippen molar-refractivity contribution in [2.24, 2.45) is 0 Å². The minimum Gasteiger partial charge on any atom is -0.443 e. The van der Waals surface area contributed by atoms with Gasteiger partial charge in [0, 0.05) is 16.5 Å². The molecule has 0 amide bonds. The number of rotatable bonds is 0. The zero-order valence-corrected chi connectivity index (χ0v) is 9.04. The molecule has 15 heavy (non-hydrogen) atoms. The van der Waals surface area contributed by atoms with E-state index in [2.05, 4.69) is 15.9 Å². The SMILES string of the molecule is N#CC1Cc2c(F)ccc(Br)c2C(=O)O1. The van der Waals surface area contributed by atoms with Crippen molar-refractivity contribution in [3.05, 3.63) is 33.5 Å². The van der Waals surface area contributed by atoms with E-state index in [9.17, 15) is 9.18 Å². The lowest BCUT2D eigenvalue weighted by atomic mass is 9.98. The van der Waals surface area contributed by atoms with Crippen molar-refractivity contribution in [1.82, 2.24) is 0 Å². The molecule has 3 nitrogen and oxygen atoms in total. The van der Waals surface area contributed by atoms with Gasteiger partial charge in [0.05, 0.1) is 5.56 Å². The van der Waals surface area contributed by atoms with E-state index in [-0.39, 0.29) is 17.5 Å². The molecule has 0 bridgehead atoms. The summed E-state index contributed by atoms with van der Waals surface area (Å²) >= 11 is 3.15. The van der Waals surface area contributed by atoms with Crippen molar-refractivity contribution in [2.75, 3.05) is 0 Å². The molecule has 0 spiro atoms. The maximum Gasteiger partial charge on any atom is 0.340 e. The fourth-order valence-electron chi connectivity index (χ4n) is 1.50. The van der Waals surface area contributed by atoms with E-state index in [1.807, 2.05) is 0 Å². The third kappa shape index (κ3) is 1.61. The summed E-state index contributed by atoms with van der Waals surface area (Å²) in [6.45, 7) is 0. The molecule has 2 rings (SSSR count). The highest BCUT2D eigenvalue weighted by Crippen LogP contribution is 2.29. The van der Waals surface area contributed by atoms with Crippen LogP contribution >= 0.6 is 15.9 Å². The van der Waals surface area contributed by atoms with Gasteiger partial charge in [0.1, 0.15) is 11.9 Å². The maximum atomic E-state index is 13.4. The Morgan fingerprint density at radius 1 is 1.60 bits per heavy atom. The summed E-state index contributed by atoms with van der Waals surface area (Å²) in [5.74, 6) is -1.14. The van der Waals surface area contributed by atoms with Gasteiger partial charge in [-0.2, -0.15) is 5.26 Å². The van der Waals surface area contributed by atoms with Crippen molar-refractivity contribution in [2.45, 2.75) is 12.5 Å². The van der Waals surface area contributed by atoms with Gasteiger partial charge in [-0.15, -0.1) is 0 Å². The third-order valence-corrected chi connectivity index (χ3v) is 2.85. The Morgan fingerprint density at radius 2 is 2.33 bits per heavy atom. The standard InChI is InChI=1S/C10H5BrFNO2/c11-7-1-2-8(12)6-3-5(4-13)15-10(14)9(6)7/h1-2,5H,3H2. The average Bonchev–Trinajstić information content (AvgIpc) is 2.23. The van der Waals surface area contributed by atoms with E-state index in [0.29, 0.717) is 4.47 Å². The number of hydrogen-bond donors (Lipinski definition) is 0. The highest BCUT2D eigenvalue weighted by atomic mass is 79.9. The molecule has 1 heterocycles. The van der Waals surface area contributed by atoms with E-state index in [4.69, 9.17) is 10.00 Å². The first-order valence-electron chi connectivity index (χ1n) is 4.21. The number of cyclic esters (lactones) is 1. The minimum absolute atomic E-state index is 0.100. The Labute approximate surface area is 93.6 Å². The number of carbonyl (C=O) groups excluding carboxylic acids is 1. The van der Waals surface area contributed by atoms with E-state index in [1.165, 1.54) is 12.1 Å². The van der Waals surface area contributed by atoms with Crippen LogP contribution in [-0.4, -0.2) is 12.1 Å². The van der Waals surface area contributed by atoms with E-state index in [1.54, 1.807) is 6.07 Å². The first-order valence-corrected chi connectivity index (χ1v) is 5.00. The van der Waals surface area contributed by atoms with E-state index < -0.39 is 17.9 Å². The Hall–Kier alpha value is -1.41. The molecule has 0 fully saturated rings. The van der Waals surface area contributed by atoms with Crippen LogP contribution < -0.4 is 0 Å². The van der Waals surface area contributed by atoms with Gasteiger partial charge in [0.25, 0.3) is 0 Å². The first-order chi connectivity index (χ1) is 7.13. The van der Waals surface area contributed by atoms with Crippen molar-refractivity contribution < 1.29 is 13.9 Å². The largest absolute Gasteiger partial charge is 0.443 e. The molecule has 76 valence electrons. The fraction of sp³-hybridized carbons (Fsp3) is 0.200. The number of benzene rings is 1. The van der Waals surface area contributed by atoms with Gasteiger partial charge in [-0.1, -0.05) is 0 Å². The second-order valence-corrected chi connectivity index (χ2v) is 3.96. The van der Waals surface area contributed by atoms with Gasteiger partial charge in [-0.3, -0.25) is 0 Å². The molecule has 0 saturated carbocycles. The molecule has 0 saturated heterocycles. The van der Waals surface area contributed by atoms with Crippen molar-refractivity contribution in [3.8, 4) is 6.07 Å². The molecule has 0 aromatic heterocycles. The number of fused-ring (bicyclic) bond motifs is 1. The second kappa shape index (κ2) is 3.63. The van der Waals surface area contributed by atoms with E-state index >= 15 is 0 Å². The smallest absolute Gasteiger partial charge is 0.340 e. The lowest BCUT2D eigenvalue weighted by Gasteiger charge is -2.21. The van der Waals surface area contributed by atoms with Crippen LogP contribution in [0.2, 0.25) is 0 Å². The molecule has 5 heteroatoms. The summed E-state index contributed by atoms with van der Waals surface area (Å²) < 4.78 is 18.7. The Kier molecular flexibility index (Phi) is 2.45. The summed E-state index contributed by atoms with van der Waals surface area (Å²) in [7, 11) is 0. The summed E-state index contributed by atoms with van der Waals surface area (Å²) in [5.41, 5.74) is 0.425. The molecule has 1 aromatic carbocycles. The lowest BCUT2D eigenvalue weighted by molar-refractivity contribution is 0.0365. The number of hydrogen-bond acceptors (Lipinski definition) is 3. The molecule has 0 N–H and O–H groups in total. The molecule has 0 radical (unpaired) electrons. The number of nitriles is 1. The number of esters is 1. The molecule has 1 atom stereocenters. The number of nitrogens with zero attached hydrogens (tertiary/aromatic N) is 1. The highest BCUT2D eigenvalue weighted by Gasteiger charge is 2.30. The summed E-state index contributed by atoms with van der Waals surface area (Å²) in [4.78, 5) is 11.5. The quantitative estimate of drug-likeness (QED) is 0.679. The molecule has 1 aliphatic heterocycles. The normalized spacial score (nSPS) is 19.0. The topological polar surface area (TPSA) is 50.1 Å². The van der Waals surface area contributed by atoms with Gasteiger partial charge < -0.3 is 4.74 Å². The first kappa shape index (κ1) is 10.1. The number of halogens is 2. The van der Waals surface area contributed by atoms with Crippen molar-refractivity contribution >= 4 is 21.9 Å². The monoisotopic (exact) mass is 269 g/mol. The summed E-state index contributed by atoms with van der Waals surface area (Å²) in [6.07, 6.45) is -0.795. The van der Waals surface area contributed by atoms with Crippen LogP contribution in [0.5, 0.6) is 0 Å². The predicted molar refractivity (Wildman–Crippen MR) is 52.6 cm³/mol. The molecule has 1 aromatic rings. The Morgan fingerprint density at radius 3 is 3.00 bits per heavy atom. The van der Waals surface area contributed by atoms with Crippen LogP contribution in [0.4, 0.5) is 4.39 Å². The molecular formula is C10H5BrFNO2. The van der Waals surface area contributed by atoms with E-state index in [0.717, 1.165) is 0 Å². The zero-order valence-electron chi connectivity index (χ0n) is 7.46. The van der Waals surface area contributed by atoms with Gasteiger partial charge in [-0.25, -0.2) is 9.18 Å². The van der Waals surface area contributed by atoms with Gasteiger partial charge in [0.2, 0.25) is 0 Å². The highest BCUT2D eigenvalue weighted by molar-refractivity contribution is 9.10. The molecule has 1 unspecified atom stereocenters. The minimum atomic E-state index is -0.895. The van der Waals surface area contributed by atoms with Crippen molar-refractivity contribution in [1.29, 1.82) is 5.26 Å². The molecule has 1 aliphatic rings. The molecule has 0 aliphatic carbocycles. The Balaban J connectivity index is 2.60. The van der Waals surface area contributed by atoms with Gasteiger partial charge >= 0.3 is 5.97 Å².